The van der Waals surface area contributed by atoms with Crippen molar-refractivity contribution >= 4 is 35.1 Å². The molecule has 0 bridgehead atoms. The first-order valence-corrected chi connectivity index (χ1v) is 11.5. The second-order valence-corrected chi connectivity index (χ2v) is 8.25. The van der Waals surface area contributed by atoms with Crippen molar-refractivity contribution in [2.24, 2.45) is 0 Å². The predicted octanol–water partition coefficient (Wildman–Crippen LogP) is 5.64. The molecule has 0 aliphatic carbocycles. The molecule has 2 aromatic carbocycles. The normalized spacial score (nSPS) is 13.6. The van der Waals surface area contributed by atoms with Crippen molar-refractivity contribution in [1.29, 1.82) is 0 Å². The molecular weight excluding hydrogens is 456 g/mol. The Morgan fingerprint density at radius 2 is 1.88 bits per heavy atom. The number of Topliss-reactive ketones (excluding diaryl/α,β-unsaturated/α-hetero) is 1. The molecule has 176 valence electrons. The van der Waals surface area contributed by atoms with Crippen LogP contribution in [0.25, 0.3) is 6.08 Å². The maximum absolute atomic E-state index is 12.9. The van der Waals surface area contributed by atoms with Crippen LogP contribution in [0.3, 0.4) is 0 Å². The second-order valence-electron chi connectivity index (χ2n) is 7.86. The molecule has 1 aliphatic heterocycles. The first-order valence-electron chi connectivity index (χ1n) is 11.1. The molecule has 0 spiro atoms. The molecule has 34 heavy (non-hydrogen) atoms. The Bertz CT molecular complexity index is 1240. The van der Waals surface area contributed by atoms with Gasteiger partial charge in [-0.2, -0.15) is 0 Å². The number of carbonyl (C=O) groups is 2. The van der Waals surface area contributed by atoms with Gasteiger partial charge in [-0.15, -0.1) is 0 Å². The highest BCUT2D eigenvalue weighted by Gasteiger charge is 2.30. The van der Waals surface area contributed by atoms with Crippen LogP contribution in [0.2, 0.25) is 5.15 Å². The van der Waals surface area contributed by atoms with Crippen LogP contribution in [0.1, 0.15) is 47.5 Å². The molecule has 0 unspecified atom stereocenters. The Hall–Kier alpha value is -3.58. The lowest BCUT2D eigenvalue weighted by atomic mass is 10.1. The highest BCUT2D eigenvalue weighted by atomic mass is 35.5. The number of benzene rings is 2. The summed E-state index contributed by atoms with van der Waals surface area (Å²) in [7, 11) is 0. The molecule has 0 saturated carbocycles. The monoisotopic (exact) mass is 480 g/mol. The first-order chi connectivity index (χ1) is 16.4. The van der Waals surface area contributed by atoms with Crippen LogP contribution in [0.15, 0.2) is 52.7 Å². The number of nitrogens with zero attached hydrogens (tertiary/aromatic N) is 2. The number of ketones is 1. The molecule has 1 aliphatic rings. The number of hydrogen-bond donors (Lipinski definition) is 0. The van der Waals surface area contributed by atoms with Gasteiger partial charge in [-0.3, -0.25) is 9.59 Å². The minimum absolute atomic E-state index is 0.0937. The van der Waals surface area contributed by atoms with Gasteiger partial charge in [0.05, 0.1) is 12.0 Å². The van der Waals surface area contributed by atoms with Crippen LogP contribution in [-0.2, 0) is 11.2 Å². The quantitative estimate of drug-likeness (QED) is 0.234. The summed E-state index contributed by atoms with van der Waals surface area (Å²) in [5.41, 5.74) is 3.02. The molecule has 0 atom stereocenters. The Kier molecular flexibility index (Phi) is 7.03. The van der Waals surface area contributed by atoms with E-state index in [1.165, 1.54) is 0 Å². The van der Waals surface area contributed by atoms with Crippen LogP contribution in [0.5, 0.6) is 11.5 Å². The zero-order valence-corrected chi connectivity index (χ0v) is 20.0. The van der Waals surface area contributed by atoms with Crippen molar-refractivity contribution in [3.8, 4) is 11.5 Å². The number of carbonyl (C=O) groups excluding carboxylic acids is 2. The van der Waals surface area contributed by atoms with Gasteiger partial charge in [0.1, 0.15) is 17.3 Å². The first kappa shape index (κ1) is 23.6. The minimum atomic E-state index is -0.441. The maximum Gasteiger partial charge on any atom is 0.311 e. The summed E-state index contributed by atoms with van der Waals surface area (Å²) in [4.78, 5) is 27.4. The fourth-order valence-corrected chi connectivity index (χ4v) is 3.96. The second kappa shape index (κ2) is 10.1. The highest BCUT2D eigenvalue weighted by Crippen LogP contribution is 2.39. The zero-order chi connectivity index (χ0) is 24.2. The molecule has 2 heterocycles. The Morgan fingerprint density at radius 1 is 1.15 bits per heavy atom. The molecule has 0 saturated heterocycles. The summed E-state index contributed by atoms with van der Waals surface area (Å²) in [5, 5.41) is 3.82. The number of rotatable bonds is 8. The summed E-state index contributed by atoms with van der Waals surface area (Å²) in [5.74, 6) is 0.844. The third-order valence-corrected chi connectivity index (χ3v) is 5.86. The fraction of sp³-hybridized carbons (Fsp3) is 0.269. The van der Waals surface area contributed by atoms with Crippen molar-refractivity contribution in [1.82, 2.24) is 5.16 Å². The van der Waals surface area contributed by atoms with E-state index < -0.39 is 5.97 Å². The molecule has 1 aromatic heterocycles. The van der Waals surface area contributed by atoms with Gasteiger partial charge in [-0.25, -0.2) is 0 Å². The number of halogens is 1. The van der Waals surface area contributed by atoms with Crippen LogP contribution in [0, 0.1) is 6.92 Å². The third-order valence-electron chi connectivity index (χ3n) is 5.69. The number of esters is 1. The van der Waals surface area contributed by atoms with Gasteiger partial charge in [-0.05, 0) is 56.7 Å². The highest BCUT2D eigenvalue weighted by molar-refractivity contribution is 6.29. The van der Waals surface area contributed by atoms with Gasteiger partial charge in [0, 0.05) is 36.8 Å². The summed E-state index contributed by atoms with van der Waals surface area (Å²) in [6.07, 6.45) is 2.13. The molecule has 0 N–H and O–H groups in total. The lowest BCUT2D eigenvalue weighted by Gasteiger charge is -2.20. The minimum Gasteiger partial charge on any atom is -0.452 e. The zero-order valence-electron chi connectivity index (χ0n) is 19.3. The largest absolute Gasteiger partial charge is 0.452 e. The van der Waals surface area contributed by atoms with Gasteiger partial charge in [0.25, 0.3) is 0 Å². The van der Waals surface area contributed by atoms with Crippen molar-refractivity contribution < 1.29 is 23.6 Å². The number of aryl methyl sites for hydroxylation is 1. The van der Waals surface area contributed by atoms with Crippen molar-refractivity contribution in [3.05, 3.63) is 75.8 Å². The van der Waals surface area contributed by atoms with E-state index in [0.717, 1.165) is 24.3 Å². The molecule has 0 fully saturated rings. The molecule has 4 rings (SSSR count). The van der Waals surface area contributed by atoms with Crippen molar-refractivity contribution in [2.45, 2.75) is 33.6 Å². The number of hydrogen-bond acceptors (Lipinski definition) is 7. The average molecular weight is 481 g/mol. The van der Waals surface area contributed by atoms with Crippen LogP contribution in [-0.4, -0.2) is 30.0 Å². The predicted molar refractivity (Wildman–Crippen MR) is 130 cm³/mol. The van der Waals surface area contributed by atoms with Crippen LogP contribution < -0.4 is 14.4 Å². The van der Waals surface area contributed by atoms with Crippen molar-refractivity contribution in [3.63, 3.8) is 0 Å². The number of fused-ring (bicyclic) bond motifs is 1. The van der Waals surface area contributed by atoms with E-state index in [2.05, 4.69) is 23.9 Å². The summed E-state index contributed by atoms with van der Waals surface area (Å²) in [6.45, 7) is 7.83. The molecular formula is C26H25ClN2O5. The number of allylic oxidation sites excluding steroid dienone is 1. The van der Waals surface area contributed by atoms with E-state index in [0.29, 0.717) is 34.8 Å². The average Bonchev–Trinajstić information content (AvgIpc) is 3.39. The molecule has 8 heteroatoms. The van der Waals surface area contributed by atoms with Gasteiger partial charge >= 0.3 is 5.97 Å². The van der Waals surface area contributed by atoms with Gasteiger partial charge in [0.2, 0.25) is 5.78 Å². The number of ether oxygens (including phenoxy) is 2. The molecule has 0 radical (unpaired) electrons. The van der Waals surface area contributed by atoms with E-state index in [9.17, 15) is 9.59 Å². The van der Waals surface area contributed by atoms with E-state index in [4.69, 9.17) is 25.6 Å². The van der Waals surface area contributed by atoms with E-state index in [1.54, 1.807) is 31.2 Å². The van der Waals surface area contributed by atoms with Gasteiger partial charge < -0.3 is 18.9 Å². The summed E-state index contributed by atoms with van der Waals surface area (Å²) >= 11 is 5.72. The Labute approximate surface area is 202 Å². The van der Waals surface area contributed by atoms with Crippen LogP contribution >= 0.6 is 11.6 Å². The van der Waals surface area contributed by atoms with Crippen LogP contribution in [0.4, 0.5) is 5.69 Å². The van der Waals surface area contributed by atoms with Crippen molar-refractivity contribution in [2.75, 3.05) is 18.0 Å². The Balaban J connectivity index is 1.46. The summed E-state index contributed by atoms with van der Waals surface area (Å²) in [6, 6.07) is 12.8. The third kappa shape index (κ3) is 4.99. The van der Waals surface area contributed by atoms with Gasteiger partial charge in [-0.1, -0.05) is 28.9 Å². The standard InChI is InChI=1S/C26H25ClN2O5/c1-4-29(5-2)18-8-6-17(7-9-18)14-22-25(31)20-11-12-21(16(3)26(20)33-22)32-24(30)13-10-19-15-23(27)28-34-19/h6-9,11-12,14-15H,4-5,10,13H2,1-3H3/b22-14-. The van der Waals surface area contributed by atoms with Gasteiger partial charge in [0.15, 0.2) is 10.9 Å². The molecule has 7 nitrogen and oxygen atoms in total. The molecule has 3 aromatic rings. The van der Waals surface area contributed by atoms with E-state index in [-0.39, 0.29) is 23.1 Å². The number of aromatic nitrogens is 1. The SMILES string of the molecule is CCN(CC)c1ccc(/C=C2\Oc3c(ccc(OC(=O)CCc4cc(Cl)no4)c3C)C2=O)cc1. The smallest absolute Gasteiger partial charge is 0.311 e. The Morgan fingerprint density at radius 3 is 2.53 bits per heavy atom. The summed E-state index contributed by atoms with van der Waals surface area (Å²) < 4.78 is 16.4. The number of anilines is 1. The fourth-order valence-electron chi connectivity index (χ4n) is 3.80. The topological polar surface area (TPSA) is 81.9 Å². The lowest BCUT2D eigenvalue weighted by Crippen LogP contribution is -2.21. The van der Waals surface area contributed by atoms with E-state index >= 15 is 0 Å². The maximum atomic E-state index is 12.9. The lowest BCUT2D eigenvalue weighted by molar-refractivity contribution is -0.134. The van der Waals surface area contributed by atoms with E-state index in [1.807, 2.05) is 24.3 Å². The molecule has 0 amide bonds.